The molecule has 0 aliphatic carbocycles. The topological polar surface area (TPSA) is 3.24 Å². The molecule has 21 heavy (non-hydrogen) atoms. The molecule has 0 bridgehead atoms. The van der Waals surface area contributed by atoms with E-state index in [1.165, 1.54) is 18.4 Å². The summed E-state index contributed by atoms with van der Waals surface area (Å²) in [6.45, 7) is 22.1. The lowest BCUT2D eigenvalue weighted by atomic mass is 9.83. The van der Waals surface area contributed by atoms with Crippen LogP contribution in [0.2, 0.25) is 0 Å². The number of nitrogens with zero attached hydrogens (tertiary/aromatic N) is 1. The molecule has 0 N–H and O–H groups in total. The summed E-state index contributed by atoms with van der Waals surface area (Å²) in [7, 11) is 2.17. The van der Waals surface area contributed by atoms with Crippen molar-refractivity contribution in [3.05, 3.63) is 73.4 Å². The molecule has 0 aromatic carbocycles. The molecule has 0 spiro atoms. The summed E-state index contributed by atoms with van der Waals surface area (Å²) in [6.07, 6.45) is 11.9. The predicted octanol–water partition coefficient (Wildman–Crippen LogP) is 5.32. The van der Waals surface area contributed by atoms with E-state index in [1.807, 2.05) is 32.1 Å². The minimum Gasteiger partial charge on any atom is -0.306 e. The fraction of sp³-hybridized carbons (Fsp3) is 0.400. The highest BCUT2D eigenvalue weighted by Crippen LogP contribution is 2.31. The van der Waals surface area contributed by atoms with E-state index >= 15 is 0 Å². The van der Waals surface area contributed by atoms with Crippen LogP contribution >= 0.6 is 0 Å². The Bertz CT molecular complexity index is 415. The van der Waals surface area contributed by atoms with Crippen molar-refractivity contribution in [2.24, 2.45) is 5.92 Å². The van der Waals surface area contributed by atoms with Crippen LogP contribution in [-0.2, 0) is 0 Å². The average molecular weight is 285 g/mol. The van der Waals surface area contributed by atoms with Crippen LogP contribution in [0.15, 0.2) is 73.4 Å². The first kappa shape index (κ1) is 19.4. The fourth-order valence-corrected chi connectivity index (χ4v) is 2.40. The molecule has 1 heteroatoms. The first-order valence-corrected chi connectivity index (χ1v) is 7.79. The molecule has 1 heterocycles. The van der Waals surface area contributed by atoms with E-state index in [9.17, 15) is 0 Å². The standard InChI is InChI=1S/C18H25N.C2H6/c1-6-8-10-15(3)16(4)18(9-7-2)17-11-13-19(5)14-12-17;1-2/h6-10,17H,1-4,11-14H2,5H3;1-2H3/b10-8-,18-9+;. The van der Waals surface area contributed by atoms with Crippen LogP contribution in [-0.4, -0.2) is 25.0 Å². The number of hydrogen-bond acceptors (Lipinski definition) is 1. The van der Waals surface area contributed by atoms with Crippen LogP contribution in [0.4, 0.5) is 0 Å². The molecule has 1 aliphatic heterocycles. The maximum Gasteiger partial charge on any atom is -0.00159 e. The third kappa shape index (κ3) is 6.59. The van der Waals surface area contributed by atoms with E-state index in [4.69, 9.17) is 0 Å². The minimum absolute atomic E-state index is 0.565. The zero-order valence-electron chi connectivity index (χ0n) is 14.1. The Morgan fingerprint density at radius 3 is 2.10 bits per heavy atom. The highest BCUT2D eigenvalue weighted by atomic mass is 15.1. The molecule has 0 radical (unpaired) electrons. The monoisotopic (exact) mass is 285 g/mol. The van der Waals surface area contributed by atoms with Gasteiger partial charge in [-0.2, -0.15) is 0 Å². The molecule has 0 aromatic heterocycles. The summed E-state index contributed by atoms with van der Waals surface area (Å²) < 4.78 is 0. The molecule has 116 valence electrons. The lowest BCUT2D eigenvalue weighted by molar-refractivity contribution is 0.239. The van der Waals surface area contributed by atoms with Crippen LogP contribution in [0.25, 0.3) is 0 Å². The van der Waals surface area contributed by atoms with Gasteiger partial charge in [-0.1, -0.05) is 70.5 Å². The molecule has 0 saturated carbocycles. The molecule has 1 nitrogen and oxygen atoms in total. The molecule has 0 amide bonds. The van der Waals surface area contributed by atoms with E-state index in [0.29, 0.717) is 5.92 Å². The van der Waals surface area contributed by atoms with Crippen molar-refractivity contribution in [2.75, 3.05) is 20.1 Å². The Kier molecular flexibility index (Phi) is 10.3. The van der Waals surface area contributed by atoms with Crippen molar-refractivity contribution in [1.82, 2.24) is 4.90 Å². The maximum absolute atomic E-state index is 4.21. The summed E-state index contributed by atoms with van der Waals surface area (Å²) in [5.41, 5.74) is 3.25. The molecule has 1 fully saturated rings. The van der Waals surface area contributed by atoms with Crippen LogP contribution < -0.4 is 0 Å². The van der Waals surface area contributed by atoms with Crippen molar-refractivity contribution in [2.45, 2.75) is 26.7 Å². The third-order valence-electron chi connectivity index (χ3n) is 3.63. The van der Waals surface area contributed by atoms with Gasteiger partial charge in [0.05, 0.1) is 0 Å². The average Bonchev–Trinajstić information content (AvgIpc) is 2.52. The normalized spacial score (nSPS) is 17.0. The lowest BCUT2D eigenvalue weighted by Gasteiger charge is -2.31. The van der Waals surface area contributed by atoms with Crippen LogP contribution in [0.1, 0.15) is 26.7 Å². The third-order valence-corrected chi connectivity index (χ3v) is 3.63. The van der Waals surface area contributed by atoms with Crippen molar-refractivity contribution in [3.8, 4) is 0 Å². The van der Waals surface area contributed by atoms with Crippen molar-refractivity contribution in [1.29, 1.82) is 0 Å². The van der Waals surface area contributed by atoms with Gasteiger partial charge >= 0.3 is 0 Å². The highest BCUT2D eigenvalue weighted by Gasteiger charge is 2.21. The molecule has 0 aromatic rings. The number of piperidine rings is 1. The predicted molar refractivity (Wildman–Crippen MR) is 97.5 cm³/mol. The van der Waals surface area contributed by atoms with E-state index in [-0.39, 0.29) is 0 Å². The van der Waals surface area contributed by atoms with Gasteiger partial charge in [0.15, 0.2) is 0 Å². The summed E-state index contributed by atoms with van der Waals surface area (Å²) in [5.74, 6) is 0.565. The molecule has 1 aliphatic rings. The van der Waals surface area contributed by atoms with Crippen molar-refractivity contribution < 1.29 is 0 Å². The second kappa shape index (κ2) is 11.1. The van der Waals surface area contributed by atoms with E-state index in [0.717, 1.165) is 24.2 Å². The van der Waals surface area contributed by atoms with Gasteiger partial charge in [0.2, 0.25) is 0 Å². The van der Waals surface area contributed by atoms with Crippen LogP contribution in [0.3, 0.4) is 0 Å². The first-order valence-electron chi connectivity index (χ1n) is 7.79. The fourth-order valence-electron chi connectivity index (χ4n) is 2.40. The van der Waals surface area contributed by atoms with E-state index in [1.54, 1.807) is 6.08 Å². The first-order chi connectivity index (χ1) is 10.1. The minimum atomic E-state index is 0.565. The smallest absolute Gasteiger partial charge is 0.00159 e. The zero-order chi connectivity index (χ0) is 16.3. The summed E-state index contributed by atoms with van der Waals surface area (Å²) >= 11 is 0. The Hall–Kier alpha value is -1.60. The van der Waals surface area contributed by atoms with Crippen LogP contribution in [0.5, 0.6) is 0 Å². The molecular weight excluding hydrogens is 254 g/mol. The number of hydrogen-bond donors (Lipinski definition) is 0. The quantitative estimate of drug-likeness (QED) is 0.597. The summed E-state index contributed by atoms with van der Waals surface area (Å²) in [6, 6.07) is 0. The van der Waals surface area contributed by atoms with Gasteiger partial charge < -0.3 is 4.90 Å². The largest absolute Gasteiger partial charge is 0.306 e. The second-order valence-electron chi connectivity index (χ2n) is 5.03. The summed E-state index contributed by atoms with van der Waals surface area (Å²) in [5, 5.41) is 0. The van der Waals surface area contributed by atoms with Gasteiger partial charge in [0.1, 0.15) is 0 Å². The number of likely N-dealkylation sites (tertiary alicyclic amines) is 1. The highest BCUT2D eigenvalue weighted by molar-refractivity contribution is 5.51. The molecule has 1 saturated heterocycles. The van der Waals surface area contributed by atoms with Gasteiger partial charge in [-0.05, 0) is 55.6 Å². The maximum atomic E-state index is 4.21. The van der Waals surface area contributed by atoms with Gasteiger partial charge in [0.25, 0.3) is 0 Å². The second-order valence-corrected chi connectivity index (χ2v) is 5.03. The molecular formula is C20H31N. The Labute approximate surface area is 131 Å². The Balaban J connectivity index is 0.00000191. The summed E-state index contributed by atoms with van der Waals surface area (Å²) in [4.78, 5) is 2.37. The van der Waals surface area contributed by atoms with E-state index in [2.05, 4.69) is 44.3 Å². The molecule has 1 rings (SSSR count). The molecule has 0 atom stereocenters. The van der Waals surface area contributed by atoms with E-state index < -0.39 is 0 Å². The number of rotatable bonds is 6. The Morgan fingerprint density at radius 2 is 1.62 bits per heavy atom. The SMILES string of the molecule is C=C/C=C\C(=C)C(=C)/C(=C\C=C)C1CCN(C)CC1.CC. The van der Waals surface area contributed by atoms with Crippen molar-refractivity contribution >= 4 is 0 Å². The van der Waals surface area contributed by atoms with Gasteiger partial charge in [-0.25, -0.2) is 0 Å². The van der Waals surface area contributed by atoms with Crippen molar-refractivity contribution in [3.63, 3.8) is 0 Å². The number of allylic oxidation sites excluding steroid dienone is 8. The zero-order valence-corrected chi connectivity index (χ0v) is 14.1. The molecule has 0 unspecified atom stereocenters. The van der Waals surface area contributed by atoms with Gasteiger partial charge in [0, 0.05) is 0 Å². The van der Waals surface area contributed by atoms with Gasteiger partial charge in [-0.3, -0.25) is 0 Å². The van der Waals surface area contributed by atoms with Gasteiger partial charge in [-0.15, -0.1) is 0 Å². The van der Waals surface area contributed by atoms with Crippen LogP contribution in [0, 0.1) is 5.92 Å². The Morgan fingerprint density at radius 1 is 1.05 bits per heavy atom. The lowest BCUT2D eigenvalue weighted by Crippen LogP contribution is -2.31.